The number of ether oxygens (including phenoxy) is 1. The van der Waals surface area contributed by atoms with E-state index in [4.69, 9.17) is 10.00 Å². The summed E-state index contributed by atoms with van der Waals surface area (Å²) in [6, 6.07) is 9.54. The van der Waals surface area contributed by atoms with Gasteiger partial charge >= 0.3 is 0 Å². The van der Waals surface area contributed by atoms with Gasteiger partial charge in [-0.15, -0.1) is 0 Å². The first-order chi connectivity index (χ1) is 9.79. The number of nitriles is 1. The monoisotopic (exact) mass is 274 g/mol. The Morgan fingerprint density at radius 1 is 1.35 bits per heavy atom. The Labute approximate surface area is 118 Å². The molecule has 0 aliphatic carbocycles. The molecule has 20 heavy (non-hydrogen) atoms. The van der Waals surface area contributed by atoms with Gasteiger partial charge in [0.2, 0.25) is 0 Å². The third-order valence-electron chi connectivity index (χ3n) is 3.05. The van der Waals surface area contributed by atoms with Crippen LogP contribution in [-0.4, -0.2) is 45.2 Å². The summed E-state index contributed by atoms with van der Waals surface area (Å²) in [5.74, 6) is 0.355. The fourth-order valence-electron chi connectivity index (χ4n) is 2.01. The number of carbonyl (C=O) groups excluding carboxylic acids is 1. The molecule has 106 valence electrons. The van der Waals surface area contributed by atoms with Crippen LogP contribution in [0.15, 0.2) is 24.3 Å². The molecule has 0 atom stereocenters. The normalized spacial score (nSPS) is 14.4. The number of amides is 1. The zero-order valence-corrected chi connectivity index (χ0v) is 11.3. The fraction of sp³-hybridized carbons (Fsp3) is 0.429. The van der Waals surface area contributed by atoms with Crippen molar-refractivity contribution in [1.29, 1.82) is 5.26 Å². The van der Waals surface area contributed by atoms with Crippen LogP contribution in [0.1, 0.15) is 0 Å². The third-order valence-corrected chi connectivity index (χ3v) is 3.05. The summed E-state index contributed by atoms with van der Waals surface area (Å²) < 4.78 is 5.35. The molecule has 1 aromatic rings. The number of nitrogens with zero attached hydrogens (tertiary/aromatic N) is 2. The van der Waals surface area contributed by atoms with E-state index in [1.807, 2.05) is 30.3 Å². The van der Waals surface area contributed by atoms with Crippen molar-refractivity contribution < 1.29 is 9.53 Å². The molecule has 1 amide bonds. The van der Waals surface area contributed by atoms with Gasteiger partial charge in [-0.3, -0.25) is 4.79 Å². The molecule has 6 nitrogen and oxygen atoms in total. The van der Waals surface area contributed by atoms with E-state index in [-0.39, 0.29) is 19.1 Å². The van der Waals surface area contributed by atoms with E-state index in [9.17, 15) is 4.79 Å². The van der Waals surface area contributed by atoms with Gasteiger partial charge in [-0.05, 0) is 24.3 Å². The lowest BCUT2D eigenvalue weighted by molar-refractivity contribution is -0.122. The quantitative estimate of drug-likeness (QED) is 0.746. The largest absolute Gasteiger partial charge is 0.484 e. The second kappa shape index (κ2) is 7.36. The predicted octanol–water partition coefficient (Wildman–Crippen LogP) is 0.115. The maximum Gasteiger partial charge on any atom is 0.258 e. The SMILES string of the molecule is N#CCNC(=O)COc1ccc(N2CCNCC2)cc1. The summed E-state index contributed by atoms with van der Waals surface area (Å²) in [7, 11) is 0. The van der Waals surface area contributed by atoms with E-state index in [1.54, 1.807) is 0 Å². The van der Waals surface area contributed by atoms with Gasteiger partial charge in [0.05, 0.1) is 6.07 Å². The second-order valence-corrected chi connectivity index (χ2v) is 4.45. The third kappa shape index (κ3) is 4.14. The number of piperazine rings is 1. The molecule has 0 bridgehead atoms. The number of hydrogen-bond donors (Lipinski definition) is 2. The highest BCUT2D eigenvalue weighted by Crippen LogP contribution is 2.19. The van der Waals surface area contributed by atoms with Crippen LogP contribution in [0.2, 0.25) is 0 Å². The van der Waals surface area contributed by atoms with Crippen LogP contribution in [-0.2, 0) is 4.79 Å². The summed E-state index contributed by atoms with van der Waals surface area (Å²) in [5.41, 5.74) is 1.16. The first-order valence-corrected chi connectivity index (χ1v) is 6.62. The lowest BCUT2D eigenvalue weighted by atomic mass is 10.2. The molecule has 1 heterocycles. The second-order valence-electron chi connectivity index (χ2n) is 4.45. The Balaban J connectivity index is 1.82. The molecular weight excluding hydrogens is 256 g/mol. The summed E-state index contributed by atoms with van der Waals surface area (Å²) in [5, 5.41) is 14.1. The van der Waals surface area contributed by atoms with Crippen molar-refractivity contribution in [2.75, 3.05) is 44.2 Å². The zero-order valence-electron chi connectivity index (χ0n) is 11.3. The summed E-state index contributed by atoms with van der Waals surface area (Å²) >= 11 is 0. The van der Waals surface area contributed by atoms with Gasteiger partial charge in [0.25, 0.3) is 5.91 Å². The highest BCUT2D eigenvalue weighted by molar-refractivity contribution is 5.77. The van der Waals surface area contributed by atoms with Gasteiger partial charge in [-0.2, -0.15) is 5.26 Å². The molecule has 0 spiro atoms. The minimum atomic E-state index is -0.294. The molecule has 1 aromatic carbocycles. The summed E-state index contributed by atoms with van der Waals surface area (Å²) in [6.07, 6.45) is 0. The van der Waals surface area contributed by atoms with Gasteiger partial charge < -0.3 is 20.3 Å². The first kappa shape index (κ1) is 14.2. The van der Waals surface area contributed by atoms with Gasteiger partial charge in [-0.1, -0.05) is 0 Å². The van der Waals surface area contributed by atoms with Crippen LogP contribution < -0.4 is 20.3 Å². The smallest absolute Gasteiger partial charge is 0.258 e. The van der Waals surface area contributed by atoms with E-state index < -0.39 is 0 Å². The number of carbonyl (C=O) groups is 1. The molecule has 2 N–H and O–H groups in total. The van der Waals surface area contributed by atoms with E-state index in [0.717, 1.165) is 31.9 Å². The van der Waals surface area contributed by atoms with Crippen LogP contribution in [0.3, 0.4) is 0 Å². The van der Waals surface area contributed by atoms with Crippen molar-refractivity contribution in [2.24, 2.45) is 0 Å². The van der Waals surface area contributed by atoms with Crippen molar-refractivity contribution >= 4 is 11.6 Å². The highest BCUT2D eigenvalue weighted by Gasteiger charge is 2.10. The van der Waals surface area contributed by atoms with Crippen LogP contribution in [0.4, 0.5) is 5.69 Å². The van der Waals surface area contributed by atoms with Gasteiger partial charge in [0.1, 0.15) is 12.3 Å². The Morgan fingerprint density at radius 2 is 2.05 bits per heavy atom. The molecule has 1 saturated heterocycles. The molecule has 0 unspecified atom stereocenters. The van der Waals surface area contributed by atoms with E-state index >= 15 is 0 Å². The number of nitrogens with one attached hydrogen (secondary N) is 2. The van der Waals surface area contributed by atoms with E-state index in [1.165, 1.54) is 0 Å². The topological polar surface area (TPSA) is 77.4 Å². The molecule has 0 radical (unpaired) electrons. The highest BCUT2D eigenvalue weighted by atomic mass is 16.5. The van der Waals surface area contributed by atoms with Crippen molar-refractivity contribution in [2.45, 2.75) is 0 Å². The number of rotatable bonds is 5. The molecule has 1 fully saturated rings. The van der Waals surface area contributed by atoms with Crippen molar-refractivity contribution in [3.63, 3.8) is 0 Å². The van der Waals surface area contributed by atoms with Crippen molar-refractivity contribution in [1.82, 2.24) is 10.6 Å². The van der Waals surface area contributed by atoms with Crippen molar-refractivity contribution in [3.8, 4) is 11.8 Å². The Hall–Kier alpha value is -2.26. The summed E-state index contributed by atoms with van der Waals surface area (Å²) in [6.45, 7) is 3.92. The molecule has 0 saturated carbocycles. The van der Waals surface area contributed by atoms with E-state index in [0.29, 0.717) is 5.75 Å². The number of hydrogen-bond acceptors (Lipinski definition) is 5. The van der Waals surface area contributed by atoms with Crippen LogP contribution in [0.25, 0.3) is 0 Å². The average Bonchev–Trinajstić information content (AvgIpc) is 2.52. The maximum atomic E-state index is 11.3. The predicted molar refractivity (Wildman–Crippen MR) is 75.6 cm³/mol. The lowest BCUT2D eigenvalue weighted by Crippen LogP contribution is -2.43. The minimum Gasteiger partial charge on any atom is -0.484 e. The molecular formula is C14H18N4O2. The average molecular weight is 274 g/mol. The zero-order chi connectivity index (χ0) is 14.2. The molecule has 0 aromatic heterocycles. The molecule has 2 rings (SSSR count). The Kier molecular flexibility index (Phi) is 5.21. The van der Waals surface area contributed by atoms with Gasteiger partial charge in [0.15, 0.2) is 6.61 Å². The fourth-order valence-corrected chi connectivity index (χ4v) is 2.01. The van der Waals surface area contributed by atoms with Gasteiger partial charge in [0, 0.05) is 31.9 Å². The van der Waals surface area contributed by atoms with Crippen molar-refractivity contribution in [3.05, 3.63) is 24.3 Å². The standard InChI is InChI=1S/C14H18N4O2/c15-5-6-17-14(19)11-20-13-3-1-12(2-4-13)18-9-7-16-8-10-18/h1-4,16H,6-11H2,(H,17,19). The first-order valence-electron chi connectivity index (χ1n) is 6.62. The van der Waals surface area contributed by atoms with Crippen LogP contribution in [0, 0.1) is 11.3 Å². The van der Waals surface area contributed by atoms with Gasteiger partial charge in [-0.25, -0.2) is 0 Å². The maximum absolute atomic E-state index is 11.3. The van der Waals surface area contributed by atoms with E-state index in [2.05, 4.69) is 15.5 Å². The molecule has 1 aliphatic heterocycles. The van der Waals surface area contributed by atoms with Crippen LogP contribution in [0.5, 0.6) is 5.75 Å². The molecule has 6 heteroatoms. The minimum absolute atomic E-state index is 0.00409. The number of benzene rings is 1. The Morgan fingerprint density at radius 3 is 2.70 bits per heavy atom. The summed E-state index contributed by atoms with van der Waals surface area (Å²) in [4.78, 5) is 13.6. The Bertz CT molecular complexity index is 475. The lowest BCUT2D eigenvalue weighted by Gasteiger charge is -2.29. The number of anilines is 1. The van der Waals surface area contributed by atoms with Crippen LogP contribution >= 0.6 is 0 Å². The molecule has 1 aliphatic rings.